The van der Waals surface area contributed by atoms with E-state index in [0.29, 0.717) is 19.6 Å². The van der Waals surface area contributed by atoms with Crippen LogP contribution in [-0.4, -0.2) is 45.6 Å². The maximum Gasteiger partial charge on any atom is 0.151 e. The number of hydrogen-bond donors (Lipinski definition) is 2. The molecule has 1 fully saturated rings. The van der Waals surface area contributed by atoms with Gasteiger partial charge in [0.1, 0.15) is 5.69 Å². The summed E-state index contributed by atoms with van der Waals surface area (Å²) >= 11 is 0. The lowest BCUT2D eigenvalue weighted by molar-refractivity contribution is 0.0572. The highest BCUT2D eigenvalue weighted by molar-refractivity contribution is 5.58. The minimum Gasteiger partial charge on any atom is -0.389 e. The van der Waals surface area contributed by atoms with Gasteiger partial charge in [-0.3, -0.25) is 4.90 Å². The molecular weight excluding hydrogens is 244 g/mol. The first-order chi connectivity index (χ1) is 9.22. The summed E-state index contributed by atoms with van der Waals surface area (Å²) in [6.45, 7) is 1.47. The first-order valence-corrected chi connectivity index (χ1v) is 6.32. The van der Waals surface area contributed by atoms with E-state index in [4.69, 9.17) is 4.52 Å². The first kappa shape index (κ1) is 12.3. The van der Waals surface area contributed by atoms with E-state index >= 15 is 0 Å². The van der Waals surface area contributed by atoms with Crippen molar-refractivity contribution in [2.75, 3.05) is 13.1 Å². The van der Waals surface area contributed by atoms with Crippen molar-refractivity contribution >= 4 is 0 Å². The Morgan fingerprint density at radius 1 is 1.16 bits per heavy atom. The molecule has 0 spiro atoms. The predicted molar refractivity (Wildman–Crippen MR) is 69.2 cm³/mol. The summed E-state index contributed by atoms with van der Waals surface area (Å²) in [6, 6.07) is 11.7. The minimum atomic E-state index is -0.670. The van der Waals surface area contributed by atoms with Gasteiger partial charge in [-0.2, -0.15) is 0 Å². The fourth-order valence-electron chi connectivity index (χ4n) is 2.33. The molecule has 100 valence electrons. The molecule has 0 aliphatic carbocycles. The molecule has 0 unspecified atom stereocenters. The molecule has 2 aromatic rings. The number of likely N-dealkylation sites (tertiary alicyclic amines) is 1. The monoisotopic (exact) mass is 260 g/mol. The van der Waals surface area contributed by atoms with Crippen molar-refractivity contribution in [3.8, 4) is 11.3 Å². The number of aliphatic hydroxyl groups excluding tert-OH is 2. The Morgan fingerprint density at radius 3 is 2.53 bits per heavy atom. The third-order valence-corrected chi connectivity index (χ3v) is 3.34. The number of benzene rings is 1. The maximum absolute atomic E-state index is 9.49. The Hall–Kier alpha value is -1.69. The van der Waals surface area contributed by atoms with Crippen LogP contribution in [0.5, 0.6) is 0 Å². The molecule has 2 heterocycles. The van der Waals surface area contributed by atoms with Gasteiger partial charge in [0.15, 0.2) is 5.76 Å². The van der Waals surface area contributed by atoms with Crippen molar-refractivity contribution in [1.82, 2.24) is 10.1 Å². The van der Waals surface area contributed by atoms with Crippen molar-refractivity contribution in [1.29, 1.82) is 0 Å². The molecule has 1 aromatic carbocycles. The van der Waals surface area contributed by atoms with E-state index in [9.17, 15) is 10.2 Å². The first-order valence-electron chi connectivity index (χ1n) is 6.32. The average Bonchev–Trinajstić information content (AvgIpc) is 2.99. The average molecular weight is 260 g/mol. The Bertz CT molecular complexity index is 531. The van der Waals surface area contributed by atoms with Gasteiger partial charge in [0.05, 0.1) is 18.8 Å². The van der Waals surface area contributed by atoms with Crippen LogP contribution in [0.4, 0.5) is 0 Å². The molecule has 1 aliphatic rings. The number of β-amino-alcohol motifs (C(OH)–C–C–N with tert-alkyl or cyclic N) is 2. The molecule has 0 radical (unpaired) electrons. The van der Waals surface area contributed by atoms with Gasteiger partial charge in [-0.05, 0) is 0 Å². The minimum absolute atomic E-state index is 0.461. The van der Waals surface area contributed by atoms with E-state index in [2.05, 4.69) is 5.16 Å². The summed E-state index contributed by atoms with van der Waals surface area (Å²) < 4.78 is 5.30. The van der Waals surface area contributed by atoms with E-state index in [-0.39, 0.29) is 0 Å². The standard InChI is InChI=1S/C14H16N2O3/c17-13-8-16(9-14(13)18)7-11-6-12(15-19-11)10-4-2-1-3-5-10/h1-6,13-14,17-18H,7-9H2/t13-,14+. The maximum atomic E-state index is 9.49. The fourth-order valence-corrected chi connectivity index (χ4v) is 2.33. The summed E-state index contributed by atoms with van der Waals surface area (Å²) in [7, 11) is 0. The van der Waals surface area contributed by atoms with Gasteiger partial charge >= 0.3 is 0 Å². The summed E-state index contributed by atoms with van der Waals surface area (Å²) in [4.78, 5) is 1.95. The molecule has 19 heavy (non-hydrogen) atoms. The van der Waals surface area contributed by atoms with E-state index in [1.54, 1.807) is 0 Å². The molecule has 1 aliphatic heterocycles. The van der Waals surface area contributed by atoms with Crippen molar-refractivity contribution in [3.05, 3.63) is 42.2 Å². The highest BCUT2D eigenvalue weighted by Crippen LogP contribution is 2.20. The van der Waals surface area contributed by atoms with Crippen LogP contribution in [0.2, 0.25) is 0 Å². The topological polar surface area (TPSA) is 69.7 Å². The van der Waals surface area contributed by atoms with Gasteiger partial charge in [0.2, 0.25) is 0 Å². The van der Waals surface area contributed by atoms with Gasteiger partial charge in [0, 0.05) is 24.7 Å². The zero-order chi connectivity index (χ0) is 13.2. The van der Waals surface area contributed by atoms with Gasteiger partial charge in [0.25, 0.3) is 0 Å². The van der Waals surface area contributed by atoms with Gasteiger partial charge in [-0.1, -0.05) is 35.5 Å². The molecule has 0 bridgehead atoms. The van der Waals surface area contributed by atoms with E-state index in [1.807, 2.05) is 41.3 Å². The lowest BCUT2D eigenvalue weighted by Crippen LogP contribution is -2.22. The summed E-state index contributed by atoms with van der Waals surface area (Å²) in [5, 5.41) is 23.0. The molecule has 5 nitrogen and oxygen atoms in total. The lowest BCUT2D eigenvalue weighted by Gasteiger charge is -2.11. The van der Waals surface area contributed by atoms with Crippen LogP contribution < -0.4 is 0 Å². The van der Waals surface area contributed by atoms with Crippen LogP contribution >= 0.6 is 0 Å². The van der Waals surface area contributed by atoms with Crippen LogP contribution in [0.3, 0.4) is 0 Å². The van der Waals surface area contributed by atoms with Crippen LogP contribution in [0.25, 0.3) is 11.3 Å². The Labute approximate surface area is 111 Å². The summed E-state index contributed by atoms with van der Waals surface area (Å²) in [5.41, 5.74) is 1.81. The highest BCUT2D eigenvalue weighted by Gasteiger charge is 2.30. The Kier molecular flexibility index (Phi) is 3.33. The number of rotatable bonds is 3. The van der Waals surface area contributed by atoms with Gasteiger partial charge in [-0.15, -0.1) is 0 Å². The van der Waals surface area contributed by atoms with Crippen molar-refractivity contribution in [2.45, 2.75) is 18.8 Å². The largest absolute Gasteiger partial charge is 0.389 e. The Morgan fingerprint density at radius 2 is 1.84 bits per heavy atom. The fraction of sp³-hybridized carbons (Fsp3) is 0.357. The third-order valence-electron chi connectivity index (χ3n) is 3.34. The molecule has 1 saturated heterocycles. The lowest BCUT2D eigenvalue weighted by atomic mass is 10.1. The number of nitrogens with zero attached hydrogens (tertiary/aromatic N) is 2. The van der Waals surface area contributed by atoms with Crippen LogP contribution in [0, 0.1) is 0 Å². The second-order valence-electron chi connectivity index (χ2n) is 4.87. The second kappa shape index (κ2) is 5.13. The zero-order valence-corrected chi connectivity index (χ0v) is 10.4. The van der Waals surface area contributed by atoms with Gasteiger partial charge < -0.3 is 14.7 Å². The summed E-state index contributed by atoms with van der Waals surface area (Å²) in [5.74, 6) is 0.736. The van der Waals surface area contributed by atoms with Crippen molar-refractivity contribution in [3.63, 3.8) is 0 Å². The smallest absolute Gasteiger partial charge is 0.151 e. The summed E-state index contributed by atoms with van der Waals surface area (Å²) in [6.07, 6.45) is -1.34. The van der Waals surface area contributed by atoms with Crippen molar-refractivity contribution < 1.29 is 14.7 Å². The van der Waals surface area contributed by atoms with E-state index < -0.39 is 12.2 Å². The molecule has 0 amide bonds. The van der Waals surface area contributed by atoms with E-state index in [1.165, 1.54) is 0 Å². The molecule has 0 saturated carbocycles. The van der Waals surface area contributed by atoms with Gasteiger partial charge in [-0.25, -0.2) is 0 Å². The van der Waals surface area contributed by atoms with Crippen LogP contribution in [0.15, 0.2) is 40.9 Å². The normalized spacial score (nSPS) is 23.9. The number of hydrogen-bond acceptors (Lipinski definition) is 5. The molecular formula is C14H16N2O3. The molecule has 3 rings (SSSR count). The predicted octanol–water partition coefficient (Wildman–Crippen LogP) is 0.879. The number of aliphatic hydroxyl groups is 2. The number of aromatic nitrogens is 1. The quantitative estimate of drug-likeness (QED) is 0.857. The van der Waals surface area contributed by atoms with Crippen LogP contribution in [-0.2, 0) is 6.54 Å². The van der Waals surface area contributed by atoms with Crippen LogP contribution in [0.1, 0.15) is 5.76 Å². The molecule has 1 aromatic heterocycles. The highest BCUT2D eigenvalue weighted by atomic mass is 16.5. The molecule has 5 heteroatoms. The van der Waals surface area contributed by atoms with E-state index in [0.717, 1.165) is 17.0 Å². The molecule has 2 N–H and O–H groups in total. The molecule has 2 atom stereocenters. The third kappa shape index (κ3) is 2.68. The van der Waals surface area contributed by atoms with Crippen molar-refractivity contribution in [2.24, 2.45) is 0 Å². The Balaban J connectivity index is 1.69. The zero-order valence-electron chi connectivity index (χ0n) is 10.4. The SMILES string of the molecule is O[C@@H]1CN(Cc2cc(-c3ccccc3)no2)C[C@@H]1O. The second-order valence-corrected chi connectivity index (χ2v) is 4.87.